The van der Waals surface area contributed by atoms with E-state index in [0.29, 0.717) is 19.1 Å². The summed E-state index contributed by atoms with van der Waals surface area (Å²) < 4.78 is 5.07. The lowest BCUT2D eigenvalue weighted by atomic mass is 10.0. The summed E-state index contributed by atoms with van der Waals surface area (Å²) in [5.41, 5.74) is 5.41. The summed E-state index contributed by atoms with van der Waals surface area (Å²) in [5, 5.41) is 2.98. The van der Waals surface area contributed by atoms with Crippen molar-refractivity contribution < 1.29 is 9.53 Å². The van der Waals surface area contributed by atoms with Gasteiger partial charge in [0.2, 0.25) is 5.91 Å². The minimum absolute atomic E-state index is 0.0203. The van der Waals surface area contributed by atoms with Gasteiger partial charge in [0.25, 0.3) is 0 Å². The summed E-state index contributed by atoms with van der Waals surface area (Å²) in [6.45, 7) is 7.13. The SMILES string of the molecule is COCC(NC(=O)C(C)CCN)C(C)C. The monoisotopic (exact) mass is 216 g/mol. The molecule has 0 saturated heterocycles. The molecule has 0 aromatic rings. The summed E-state index contributed by atoms with van der Waals surface area (Å²) in [7, 11) is 1.64. The van der Waals surface area contributed by atoms with Gasteiger partial charge in [-0.25, -0.2) is 0 Å². The summed E-state index contributed by atoms with van der Waals surface area (Å²) in [5.74, 6) is 0.420. The van der Waals surface area contributed by atoms with E-state index in [9.17, 15) is 4.79 Å². The van der Waals surface area contributed by atoms with E-state index >= 15 is 0 Å². The third kappa shape index (κ3) is 5.74. The van der Waals surface area contributed by atoms with E-state index in [1.54, 1.807) is 7.11 Å². The number of rotatable bonds is 7. The third-order valence-corrected chi connectivity index (χ3v) is 2.53. The first-order valence-corrected chi connectivity index (χ1v) is 5.52. The Morgan fingerprint density at radius 3 is 2.40 bits per heavy atom. The van der Waals surface area contributed by atoms with Crippen molar-refractivity contribution in [3.05, 3.63) is 0 Å². The number of nitrogens with two attached hydrogens (primary N) is 1. The normalized spacial score (nSPS) is 15.1. The Labute approximate surface area is 92.6 Å². The fraction of sp³-hybridized carbons (Fsp3) is 0.909. The van der Waals surface area contributed by atoms with Crippen LogP contribution in [-0.2, 0) is 9.53 Å². The number of hydrogen-bond acceptors (Lipinski definition) is 3. The maximum atomic E-state index is 11.7. The zero-order valence-corrected chi connectivity index (χ0v) is 10.2. The fourth-order valence-electron chi connectivity index (χ4n) is 1.29. The van der Waals surface area contributed by atoms with Gasteiger partial charge in [-0.15, -0.1) is 0 Å². The highest BCUT2D eigenvalue weighted by molar-refractivity contribution is 5.78. The van der Waals surface area contributed by atoms with Gasteiger partial charge < -0.3 is 15.8 Å². The van der Waals surface area contributed by atoms with Crippen molar-refractivity contribution in [3.8, 4) is 0 Å². The highest BCUT2D eigenvalue weighted by Gasteiger charge is 2.19. The van der Waals surface area contributed by atoms with Crippen LogP contribution in [0.4, 0.5) is 0 Å². The van der Waals surface area contributed by atoms with Crippen LogP contribution in [0.5, 0.6) is 0 Å². The van der Waals surface area contributed by atoms with Crippen molar-refractivity contribution in [2.24, 2.45) is 17.6 Å². The largest absolute Gasteiger partial charge is 0.383 e. The molecule has 0 bridgehead atoms. The molecular weight excluding hydrogens is 192 g/mol. The zero-order valence-electron chi connectivity index (χ0n) is 10.2. The first kappa shape index (κ1) is 14.4. The molecule has 4 heteroatoms. The third-order valence-electron chi connectivity index (χ3n) is 2.53. The summed E-state index contributed by atoms with van der Waals surface area (Å²) in [4.78, 5) is 11.7. The van der Waals surface area contributed by atoms with Gasteiger partial charge in [-0.05, 0) is 18.9 Å². The minimum atomic E-state index is -0.0203. The standard InChI is InChI=1S/C11H24N2O2/c1-8(2)10(7-15-4)13-11(14)9(3)5-6-12/h8-10H,5-7,12H2,1-4H3,(H,13,14). The zero-order chi connectivity index (χ0) is 11.8. The van der Waals surface area contributed by atoms with Gasteiger partial charge in [0.1, 0.15) is 0 Å². The van der Waals surface area contributed by atoms with Crippen LogP contribution in [0.2, 0.25) is 0 Å². The Morgan fingerprint density at radius 2 is 2.00 bits per heavy atom. The quantitative estimate of drug-likeness (QED) is 0.660. The molecule has 1 amide bonds. The molecule has 0 aromatic heterocycles. The lowest BCUT2D eigenvalue weighted by Gasteiger charge is -2.23. The second-order valence-corrected chi connectivity index (χ2v) is 4.29. The fourth-order valence-corrected chi connectivity index (χ4v) is 1.29. The second-order valence-electron chi connectivity index (χ2n) is 4.29. The van der Waals surface area contributed by atoms with E-state index in [2.05, 4.69) is 19.2 Å². The molecule has 0 radical (unpaired) electrons. The number of methoxy groups -OCH3 is 1. The Bertz CT molecular complexity index is 183. The summed E-state index contributed by atoms with van der Waals surface area (Å²) in [6, 6.07) is 0.0859. The number of nitrogens with one attached hydrogen (secondary N) is 1. The van der Waals surface area contributed by atoms with Gasteiger partial charge in [0.05, 0.1) is 12.6 Å². The van der Waals surface area contributed by atoms with Crippen LogP contribution in [0.3, 0.4) is 0 Å². The molecule has 2 unspecified atom stereocenters. The molecular formula is C11H24N2O2. The van der Waals surface area contributed by atoms with Gasteiger partial charge in [-0.1, -0.05) is 20.8 Å². The number of amides is 1. The van der Waals surface area contributed by atoms with E-state index in [1.165, 1.54) is 0 Å². The van der Waals surface area contributed by atoms with Crippen molar-refractivity contribution in [1.82, 2.24) is 5.32 Å². The van der Waals surface area contributed by atoms with E-state index in [-0.39, 0.29) is 17.9 Å². The highest BCUT2D eigenvalue weighted by atomic mass is 16.5. The van der Waals surface area contributed by atoms with E-state index < -0.39 is 0 Å². The summed E-state index contributed by atoms with van der Waals surface area (Å²) >= 11 is 0. The molecule has 2 atom stereocenters. The molecule has 0 fully saturated rings. The topological polar surface area (TPSA) is 64.3 Å². The van der Waals surface area contributed by atoms with Gasteiger partial charge in [-0.3, -0.25) is 4.79 Å². The molecule has 0 aliphatic carbocycles. The van der Waals surface area contributed by atoms with Crippen LogP contribution in [0.15, 0.2) is 0 Å². The minimum Gasteiger partial charge on any atom is -0.383 e. The van der Waals surface area contributed by atoms with Gasteiger partial charge >= 0.3 is 0 Å². The lowest BCUT2D eigenvalue weighted by Crippen LogP contribution is -2.44. The maximum Gasteiger partial charge on any atom is 0.223 e. The molecule has 90 valence electrons. The average Bonchev–Trinajstić information content (AvgIpc) is 2.17. The molecule has 0 rings (SSSR count). The molecule has 0 aliphatic heterocycles. The Hall–Kier alpha value is -0.610. The molecule has 15 heavy (non-hydrogen) atoms. The van der Waals surface area contributed by atoms with Crippen LogP contribution in [0.25, 0.3) is 0 Å². The number of carbonyl (C=O) groups excluding carboxylic acids is 1. The van der Waals surface area contributed by atoms with E-state index in [1.807, 2.05) is 6.92 Å². The number of ether oxygens (including phenoxy) is 1. The second kappa shape index (κ2) is 7.65. The smallest absolute Gasteiger partial charge is 0.223 e. The highest BCUT2D eigenvalue weighted by Crippen LogP contribution is 2.05. The van der Waals surface area contributed by atoms with E-state index in [0.717, 1.165) is 6.42 Å². The van der Waals surface area contributed by atoms with Crippen molar-refractivity contribution in [2.45, 2.75) is 33.2 Å². The lowest BCUT2D eigenvalue weighted by molar-refractivity contribution is -0.126. The van der Waals surface area contributed by atoms with Crippen molar-refractivity contribution >= 4 is 5.91 Å². The van der Waals surface area contributed by atoms with Gasteiger partial charge in [-0.2, -0.15) is 0 Å². The van der Waals surface area contributed by atoms with Crippen molar-refractivity contribution in [3.63, 3.8) is 0 Å². The molecule has 3 N–H and O–H groups in total. The van der Waals surface area contributed by atoms with E-state index in [4.69, 9.17) is 10.5 Å². The van der Waals surface area contributed by atoms with Crippen LogP contribution in [-0.4, -0.2) is 32.2 Å². The van der Waals surface area contributed by atoms with Crippen LogP contribution >= 0.6 is 0 Å². The Kier molecular flexibility index (Phi) is 7.34. The van der Waals surface area contributed by atoms with Crippen LogP contribution < -0.4 is 11.1 Å². The van der Waals surface area contributed by atoms with Crippen molar-refractivity contribution in [1.29, 1.82) is 0 Å². The molecule has 0 heterocycles. The molecule has 0 spiro atoms. The van der Waals surface area contributed by atoms with Crippen molar-refractivity contribution in [2.75, 3.05) is 20.3 Å². The molecule has 4 nitrogen and oxygen atoms in total. The predicted molar refractivity (Wildman–Crippen MR) is 61.5 cm³/mol. The Balaban J connectivity index is 4.09. The van der Waals surface area contributed by atoms with Gasteiger partial charge in [0, 0.05) is 13.0 Å². The van der Waals surface area contributed by atoms with Gasteiger partial charge in [0.15, 0.2) is 0 Å². The first-order valence-electron chi connectivity index (χ1n) is 5.52. The molecule has 0 aromatic carbocycles. The average molecular weight is 216 g/mol. The first-order chi connectivity index (χ1) is 7.02. The van der Waals surface area contributed by atoms with Crippen LogP contribution in [0.1, 0.15) is 27.2 Å². The molecule has 0 saturated carbocycles. The Morgan fingerprint density at radius 1 is 1.40 bits per heavy atom. The van der Waals surface area contributed by atoms with Crippen LogP contribution in [0, 0.1) is 11.8 Å². The predicted octanol–water partition coefficient (Wildman–Crippen LogP) is 0.759. The molecule has 0 aliphatic rings. The number of hydrogen-bond donors (Lipinski definition) is 2. The maximum absolute atomic E-state index is 11.7. The summed E-state index contributed by atoms with van der Waals surface area (Å²) in [6.07, 6.45) is 0.726. The number of carbonyl (C=O) groups is 1.